The van der Waals surface area contributed by atoms with Crippen molar-refractivity contribution in [3.63, 3.8) is 0 Å². The molecular weight excluding hydrogens is 344 g/mol. The number of amides is 1. The van der Waals surface area contributed by atoms with E-state index in [1.54, 1.807) is 0 Å². The summed E-state index contributed by atoms with van der Waals surface area (Å²) in [4.78, 5) is 25.3. The highest BCUT2D eigenvalue weighted by molar-refractivity contribution is 5.95. The number of carbonyl (C=O) groups excluding carboxylic acids is 1. The molecule has 1 amide bonds. The van der Waals surface area contributed by atoms with Crippen LogP contribution >= 0.6 is 0 Å². The number of nitro groups is 1. The molecule has 7 nitrogen and oxygen atoms in total. The summed E-state index contributed by atoms with van der Waals surface area (Å²) in [5.41, 5.74) is 6.94. The van der Waals surface area contributed by atoms with E-state index in [2.05, 4.69) is 29.3 Å². The quantitative estimate of drug-likeness (QED) is 0.480. The summed E-state index contributed by atoms with van der Waals surface area (Å²) in [5.74, 6) is -0.299. The summed E-state index contributed by atoms with van der Waals surface area (Å²) in [5, 5.41) is 14.0. The largest absolute Gasteiger partial charge is 0.393 e. The van der Waals surface area contributed by atoms with Crippen molar-refractivity contribution in [3.8, 4) is 0 Å². The van der Waals surface area contributed by atoms with Gasteiger partial charge in [0.15, 0.2) is 0 Å². The van der Waals surface area contributed by atoms with Crippen LogP contribution in [0.25, 0.3) is 0 Å². The Balaban J connectivity index is 1.59. The fourth-order valence-corrected chi connectivity index (χ4v) is 3.52. The number of likely N-dealkylation sites (tertiary alicyclic amines) is 1. The first kappa shape index (κ1) is 18.8. The highest BCUT2D eigenvalue weighted by atomic mass is 16.6. The number of nitro benzene ring substituents is 1. The Kier molecular flexibility index (Phi) is 5.71. The van der Waals surface area contributed by atoms with E-state index in [0.29, 0.717) is 6.04 Å². The van der Waals surface area contributed by atoms with E-state index in [1.165, 1.54) is 23.8 Å². The predicted molar refractivity (Wildman–Crippen MR) is 104 cm³/mol. The maximum absolute atomic E-state index is 12.5. The molecule has 0 spiro atoms. The molecule has 142 valence electrons. The summed E-state index contributed by atoms with van der Waals surface area (Å²) < 4.78 is 0. The second-order valence-corrected chi connectivity index (χ2v) is 7.03. The minimum absolute atomic E-state index is 0.0520. The van der Waals surface area contributed by atoms with E-state index >= 15 is 0 Å². The molecule has 1 saturated heterocycles. The van der Waals surface area contributed by atoms with Crippen molar-refractivity contribution < 1.29 is 9.72 Å². The van der Waals surface area contributed by atoms with Gasteiger partial charge in [0.05, 0.1) is 4.92 Å². The number of carbonyl (C=O) groups is 1. The molecule has 27 heavy (non-hydrogen) atoms. The number of hydrogen-bond acceptors (Lipinski definition) is 5. The molecule has 1 heterocycles. The van der Waals surface area contributed by atoms with Gasteiger partial charge in [-0.05, 0) is 37.5 Å². The zero-order valence-corrected chi connectivity index (χ0v) is 15.3. The molecule has 2 atom stereocenters. The first-order valence-electron chi connectivity index (χ1n) is 9.07. The molecule has 2 aromatic rings. The lowest BCUT2D eigenvalue weighted by molar-refractivity contribution is -0.383. The number of piperidine rings is 1. The second kappa shape index (κ2) is 8.18. The number of nitrogens with two attached hydrogens (primary N) is 1. The van der Waals surface area contributed by atoms with Crippen molar-refractivity contribution in [3.05, 3.63) is 69.8 Å². The van der Waals surface area contributed by atoms with Gasteiger partial charge in [0.1, 0.15) is 5.69 Å². The fraction of sp³-hybridized carbons (Fsp3) is 0.350. The summed E-state index contributed by atoms with van der Waals surface area (Å²) in [6, 6.07) is 14.9. The topological polar surface area (TPSA) is 102 Å². The molecule has 2 unspecified atom stereocenters. The number of anilines is 1. The summed E-state index contributed by atoms with van der Waals surface area (Å²) in [6.45, 7) is 3.95. The standard InChI is InChI=1S/C20H24N4O3/c1-14-11-17(9-10-23(14)13-15-5-3-2-4-6-15)22-20(25)16-7-8-18(21)19(12-16)24(26)27/h2-8,12,14,17H,9-11,13,21H2,1H3,(H,22,25). The van der Waals surface area contributed by atoms with Crippen LogP contribution < -0.4 is 11.1 Å². The molecule has 0 bridgehead atoms. The van der Waals surface area contributed by atoms with E-state index in [1.807, 2.05) is 18.2 Å². The molecule has 0 aromatic heterocycles. The van der Waals surface area contributed by atoms with E-state index in [-0.39, 0.29) is 28.9 Å². The number of benzene rings is 2. The van der Waals surface area contributed by atoms with Crippen LogP contribution in [-0.2, 0) is 6.54 Å². The minimum atomic E-state index is -0.573. The zero-order chi connectivity index (χ0) is 19.4. The van der Waals surface area contributed by atoms with Crippen molar-refractivity contribution in [2.75, 3.05) is 12.3 Å². The molecule has 1 fully saturated rings. The van der Waals surface area contributed by atoms with Crippen LogP contribution in [0.4, 0.5) is 11.4 Å². The van der Waals surface area contributed by atoms with Crippen molar-refractivity contribution in [2.45, 2.75) is 38.4 Å². The molecule has 2 aromatic carbocycles. The maximum Gasteiger partial charge on any atom is 0.292 e. The van der Waals surface area contributed by atoms with E-state index in [0.717, 1.165) is 25.9 Å². The van der Waals surface area contributed by atoms with Gasteiger partial charge in [-0.15, -0.1) is 0 Å². The van der Waals surface area contributed by atoms with Crippen LogP contribution in [0.3, 0.4) is 0 Å². The molecule has 3 N–H and O–H groups in total. The number of nitrogens with one attached hydrogen (secondary N) is 1. The van der Waals surface area contributed by atoms with Gasteiger partial charge in [-0.25, -0.2) is 0 Å². The van der Waals surface area contributed by atoms with Crippen LogP contribution in [-0.4, -0.2) is 34.4 Å². The van der Waals surface area contributed by atoms with E-state index in [9.17, 15) is 14.9 Å². The molecule has 1 aliphatic rings. The fourth-order valence-electron chi connectivity index (χ4n) is 3.52. The van der Waals surface area contributed by atoms with Crippen molar-refractivity contribution >= 4 is 17.3 Å². The molecule has 0 radical (unpaired) electrons. The van der Waals surface area contributed by atoms with Crippen molar-refractivity contribution in [1.82, 2.24) is 10.2 Å². The highest BCUT2D eigenvalue weighted by Crippen LogP contribution is 2.23. The van der Waals surface area contributed by atoms with Gasteiger partial charge in [-0.2, -0.15) is 0 Å². The Labute approximate surface area is 158 Å². The third kappa shape index (κ3) is 4.62. The average molecular weight is 368 g/mol. The highest BCUT2D eigenvalue weighted by Gasteiger charge is 2.27. The Morgan fingerprint density at radius 1 is 1.30 bits per heavy atom. The molecular formula is C20H24N4O3. The Hall–Kier alpha value is -2.93. The Bertz CT molecular complexity index is 825. The first-order valence-corrected chi connectivity index (χ1v) is 9.07. The van der Waals surface area contributed by atoms with Crippen molar-refractivity contribution in [2.24, 2.45) is 0 Å². The number of rotatable bonds is 5. The van der Waals surface area contributed by atoms with Crippen LogP contribution in [0.2, 0.25) is 0 Å². The smallest absolute Gasteiger partial charge is 0.292 e. The summed E-state index contributed by atoms with van der Waals surface area (Å²) in [7, 11) is 0. The lowest BCUT2D eigenvalue weighted by atomic mass is 9.97. The molecule has 0 aliphatic carbocycles. The Morgan fingerprint density at radius 2 is 2.04 bits per heavy atom. The lowest BCUT2D eigenvalue weighted by Gasteiger charge is -2.38. The first-order chi connectivity index (χ1) is 12.9. The molecule has 3 rings (SSSR count). The third-order valence-electron chi connectivity index (χ3n) is 5.07. The van der Waals surface area contributed by atoms with Gasteiger partial charge in [0.25, 0.3) is 11.6 Å². The zero-order valence-electron chi connectivity index (χ0n) is 15.3. The van der Waals surface area contributed by atoms with Crippen LogP contribution in [0, 0.1) is 10.1 Å². The maximum atomic E-state index is 12.5. The van der Waals surface area contributed by atoms with Gasteiger partial charge in [-0.3, -0.25) is 19.8 Å². The van der Waals surface area contributed by atoms with Gasteiger partial charge in [0.2, 0.25) is 0 Å². The summed E-state index contributed by atoms with van der Waals surface area (Å²) in [6.07, 6.45) is 1.69. The summed E-state index contributed by atoms with van der Waals surface area (Å²) >= 11 is 0. The normalized spacial score (nSPS) is 20.2. The van der Waals surface area contributed by atoms with Crippen LogP contribution in [0.5, 0.6) is 0 Å². The van der Waals surface area contributed by atoms with Crippen LogP contribution in [0.1, 0.15) is 35.7 Å². The third-order valence-corrected chi connectivity index (χ3v) is 5.07. The van der Waals surface area contributed by atoms with Crippen LogP contribution in [0.15, 0.2) is 48.5 Å². The molecule has 1 aliphatic heterocycles. The van der Waals surface area contributed by atoms with Gasteiger partial charge in [0, 0.05) is 36.8 Å². The van der Waals surface area contributed by atoms with E-state index < -0.39 is 4.92 Å². The second-order valence-electron chi connectivity index (χ2n) is 7.03. The molecule has 0 saturated carbocycles. The minimum Gasteiger partial charge on any atom is -0.393 e. The SMILES string of the molecule is CC1CC(NC(=O)c2ccc(N)c([N+](=O)[O-])c2)CCN1Cc1ccccc1. The Morgan fingerprint density at radius 3 is 2.70 bits per heavy atom. The van der Waals surface area contributed by atoms with E-state index in [4.69, 9.17) is 5.73 Å². The van der Waals surface area contributed by atoms with Gasteiger partial charge < -0.3 is 11.1 Å². The average Bonchev–Trinajstić information content (AvgIpc) is 2.65. The molecule has 7 heteroatoms. The number of hydrogen-bond donors (Lipinski definition) is 2. The predicted octanol–water partition coefficient (Wildman–Crippen LogP) is 2.96. The number of nitrogen functional groups attached to an aromatic ring is 1. The monoisotopic (exact) mass is 368 g/mol. The van der Waals surface area contributed by atoms with Gasteiger partial charge >= 0.3 is 0 Å². The lowest BCUT2D eigenvalue weighted by Crippen LogP contribution is -2.48. The van der Waals surface area contributed by atoms with Gasteiger partial charge in [-0.1, -0.05) is 30.3 Å². The van der Waals surface area contributed by atoms with Crippen molar-refractivity contribution in [1.29, 1.82) is 0 Å². The number of nitrogens with zero attached hydrogens (tertiary/aromatic N) is 2.